The zero-order valence-corrected chi connectivity index (χ0v) is 16.1. The smallest absolute Gasteiger partial charge is 0.249 e. The summed E-state index contributed by atoms with van der Waals surface area (Å²) >= 11 is 0. The molecule has 2 aliphatic rings. The Morgan fingerprint density at radius 2 is 1.93 bits per heavy atom. The number of fused-ring (bicyclic) bond motifs is 3. The van der Waals surface area contributed by atoms with Gasteiger partial charge in [-0.25, -0.2) is 4.39 Å². The molecule has 1 amide bonds. The van der Waals surface area contributed by atoms with E-state index in [1.54, 1.807) is 12.1 Å². The Morgan fingerprint density at radius 1 is 1.21 bits per heavy atom. The first-order valence-corrected chi connectivity index (χ1v) is 9.57. The minimum absolute atomic E-state index is 0.0329. The van der Waals surface area contributed by atoms with Gasteiger partial charge in [-0.15, -0.1) is 0 Å². The van der Waals surface area contributed by atoms with Crippen LogP contribution in [0.4, 0.5) is 10.1 Å². The summed E-state index contributed by atoms with van der Waals surface area (Å²) in [6.45, 7) is 0.751. The van der Waals surface area contributed by atoms with Gasteiger partial charge in [0.15, 0.2) is 0 Å². The normalized spacial score (nSPS) is 23.5. The van der Waals surface area contributed by atoms with Gasteiger partial charge in [0.25, 0.3) is 0 Å². The molecule has 5 nitrogen and oxygen atoms in total. The Balaban J connectivity index is 1.80. The zero-order chi connectivity index (χ0) is 19.8. The molecule has 0 saturated carbocycles. The average molecular weight is 384 g/mol. The molecule has 28 heavy (non-hydrogen) atoms. The monoisotopic (exact) mass is 384 g/mol. The van der Waals surface area contributed by atoms with Crippen molar-refractivity contribution in [1.82, 2.24) is 4.90 Å². The van der Waals surface area contributed by atoms with Crippen molar-refractivity contribution in [2.45, 2.75) is 18.5 Å². The first kappa shape index (κ1) is 18.9. The van der Waals surface area contributed by atoms with E-state index in [9.17, 15) is 14.3 Å². The number of aliphatic hydroxyl groups is 1. The molecule has 2 aromatic rings. The third-order valence-corrected chi connectivity index (χ3v) is 6.12. The van der Waals surface area contributed by atoms with Gasteiger partial charge in [-0.1, -0.05) is 18.2 Å². The van der Waals surface area contributed by atoms with Gasteiger partial charge in [0.1, 0.15) is 12.4 Å². The van der Waals surface area contributed by atoms with Gasteiger partial charge in [0.05, 0.1) is 18.7 Å². The fourth-order valence-corrected chi connectivity index (χ4v) is 4.76. The number of aliphatic hydroxyl groups excluding tert-OH is 1. The number of benzene rings is 2. The van der Waals surface area contributed by atoms with Crippen molar-refractivity contribution in [3.8, 4) is 11.1 Å². The van der Waals surface area contributed by atoms with Crippen LogP contribution in [0.1, 0.15) is 18.0 Å². The van der Waals surface area contributed by atoms with Gasteiger partial charge in [-0.05, 0) is 47.4 Å². The van der Waals surface area contributed by atoms with Crippen LogP contribution in [0.5, 0.6) is 0 Å². The predicted octanol–water partition coefficient (Wildman–Crippen LogP) is 2.84. The molecule has 2 heterocycles. The van der Waals surface area contributed by atoms with Crippen LogP contribution in [-0.2, 0) is 9.53 Å². The second-order valence-corrected chi connectivity index (χ2v) is 7.56. The number of halogens is 1. The fourth-order valence-electron chi connectivity index (χ4n) is 4.76. The molecule has 2 aromatic carbocycles. The first-order chi connectivity index (χ1) is 13.5. The van der Waals surface area contributed by atoms with Crippen molar-refractivity contribution in [1.29, 1.82) is 0 Å². The summed E-state index contributed by atoms with van der Waals surface area (Å²) in [7, 11) is 3.52. The largest absolute Gasteiger partial charge is 0.394 e. The van der Waals surface area contributed by atoms with E-state index in [1.807, 2.05) is 24.1 Å². The van der Waals surface area contributed by atoms with Crippen LogP contribution in [0.15, 0.2) is 42.5 Å². The molecular formula is C22H25FN2O3. The number of ether oxygens (including phenoxy) is 1. The van der Waals surface area contributed by atoms with Gasteiger partial charge >= 0.3 is 0 Å². The maximum atomic E-state index is 13.3. The highest BCUT2D eigenvalue weighted by atomic mass is 19.1. The Morgan fingerprint density at radius 3 is 2.61 bits per heavy atom. The highest BCUT2D eigenvalue weighted by Gasteiger charge is 2.47. The lowest BCUT2D eigenvalue weighted by Gasteiger charge is -2.44. The number of likely N-dealkylation sites (tertiary alicyclic amines) is 1. The molecule has 3 atom stereocenters. The number of rotatable bonds is 4. The molecule has 0 aliphatic carbocycles. The number of carbonyl (C=O) groups excluding carboxylic acids is 1. The maximum absolute atomic E-state index is 13.3. The number of anilines is 1. The standard InChI is InChI=1S/C22H25FN2O3/c1-24-19-8-5-15(14-3-6-16(23)7-4-14)11-18(19)22-17(20(24)12-26)9-10-25(22)21(27)13-28-2/h3-8,11,17,20,22,26H,9-10,12-13H2,1-2H3/t17-,20+,22-/m1/s1. The second-order valence-electron chi connectivity index (χ2n) is 7.56. The van der Waals surface area contributed by atoms with E-state index in [2.05, 4.69) is 11.0 Å². The zero-order valence-electron chi connectivity index (χ0n) is 16.1. The number of hydrogen-bond acceptors (Lipinski definition) is 4. The molecule has 0 spiro atoms. The highest BCUT2D eigenvalue weighted by Crippen LogP contribution is 2.49. The Labute approximate surface area is 164 Å². The molecule has 148 valence electrons. The third-order valence-electron chi connectivity index (χ3n) is 6.12. The van der Waals surface area contributed by atoms with Crippen molar-refractivity contribution in [3.05, 3.63) is 53.8 Å². The maximum Gasteiger partial charge on any atom is 0.249 e. The predicted molar refractivity (Wildman–Crippen MR) is 106 cm³/mol. The van der Waals surface area contributed by atoms with E-state index in [1.165, 1.54) is 19.2 Å². The second kappa shape index (κ2) is 7.53. The molecule has 6 heteroatoms. The van der Waals surface area contributed by atoms with E-state index in [4.69, 9.17) is 4.74 Å². The Kier molecular flexibility index (Phi) is 5.08. The molecule has 0 aromatic heterocycles. The van der Waals surface area contributed by atoms with Crippen LogP contribution >= 0.6 is 0 Å². The van der Waals surface area contributed by atoms with Crippen LogP contribution in [0.25, 0.3) is 11.1 Å². The van der Waals surface area contributed by atoms with E-state index in [0.717, 1.165) is 28.8 Å². The molecule has 0 bridgehead atoms. The molecule has 2 aliphatic heterocycles. The lowest BCUT2D eigenvalue weighted by atomic mass is 9.81. The van der Waals surface area contributed by atoms with Gasteiger partial charge < -0.3 is 19.6 Å². The van der Waals surface area contributed by atoms with Crippen molar-refractivity contribution in [2.75, 3.05) is 38.8 Å². The minimum Gasteiger partial charge on any atom is -0.394 e. The Hall–Kier alpha value is -2.44. The summed E-state index contributed by atoms with van der Waals surface area (Å²) in [5.41, 5.74) is 4.00. The van der Waals surface area contributed by atoms with E-state index >= 15 is 0 Å². The summed E-state index contributed by atoms with van der Waals surface area (Å²) < 4.78 is 18.4. The molecule has 0 radical (unpaired) electrons. The number of hydrogen-bond donors (Lipinski definition) is 1. The van der Waals surface area contributed by atoms with Crippen LogP contribution in [0.3, 0.4) is 0 Å². The van der Waals surface area contributed by atoms with Gasteiger partial charge in [0.2, 0.25) is 5.91 Å². The van der Waals surface area contributed by atoms with E-state index in [-0.39, 0.29) is 42.9 Å². The number of likely N-dealkylation sites (N-methyl/N-ethyl adjacent to an activating group) is 1. The molecule has 1 saturated heterocycles. The molecule has 0 unspecified atom stereocenters. The summed E-state index contributed by atoms with van der Waals surface area (Å²) in [5, 5.41) is 10.0. The van der Waals surface area contributed by atoms with Crippen LogP contribution in [0, 0.1) is 11.7 Å². The van der Waals surface area contributed by atoms with Crippen molar-refractivity contribution >= 4 is 11.6 Å². The summed E-state index contributed by atoms with van der Waals surface area (Å²) in [4.78, 5) is 16.7. The SMILES string of the molecule is COCC(=O)N1CC[C@H]2[C@@H]1c1cc(-c3ccc(F)cc3)ccc1N(C)[C@H]2CO. The lowest BCUT2D eigenvalue weighted by Crippen LogP contribution is -2.48. The van der Waals surface area contributed by atoms with Crippen molar-refractivity contribution in [3.63, 3.8) is 0 Å². The van der Waals surface area contributed by atoms with E-state index in [0.29, 0.717) is 6.54 Å². The Bertz CT molecular complexity index is 871. The quantitative estimate of drug-likeness (QED) is 0.881. The van der Waals surface area contributed by atoms with Crippen LogP contribution < -0.4 is 4.90 Å². The fraction of sp³-hybridized carbons (Fsp3) is 0.409. The number of amides is 1. The lowest BCUT2D eigenvalue weighted by molar-refractivity contribution is -0.136. The summed E-state index contributed by atoms with van der Waals surface area (Å²) in [5.74, 6) is -0.138. The number of nitrogens with zero attached hydrogens (tertiary/aromatic N) is 2. The van der Waals surface area contributed by atoms with E-state index < -0.39 is 0 Å². The third kappa shape index (κ3) is 3.06. The number of carbonyl (C=O) groups is 1. The summed E-state index contributed by atoms with van der Waals surface area (Å²) in [6, 6.07) is 12.5. The topological polar surface area (TPSA) is 53.0 Å². The molecule has 1 N–H and O–H groups in total. The van der Waals surface area contributed by atoms with Gasteiger partial charge in [0, 0.05) is 32.3 Å². The van der Waals surface area contributed by atoms with Crippen LogP contribution in [-0.4, -0.2) is 55.9 Å². The van der Waals surface area contributed by atoms with Crippen LogP contribution in [0.2, 0.25) is 0 Å². The summed E-state index contributed by atoms with van der Waals surface area (Å²) in [6.07, 6.45) is 0.843. The molecule has 1 fully saturated rings. The first-order valence-electron chi connectivity index (χ1n) is 9.57. The average Bonchev–Trinajstić information content (AvgIpc) is 3.14. The van der Waals surface area contributed by atoms with Crippen molar-refractivity contribution < 1.29 is 19.0 Å². The van der Waals surface area contributed by atoms with Gasteiger partial charge in [-0.2, -0.15) is 0 Å². The highest BCUT2D eigenvalue weighted by molar-refractivity contribution is 5.80. The van der Waals surface area contributed by atoms with Gasteiger partial charge in [-0.3, -0.25) is 4.79 Å². The molecular weight excluding hydrogens is 359 g/mol. The minimum atomic E-state index is -0.264. The molecule has 4 rings (SSSR count). The number of methoxy groups -OCH3 is 1. The van der Waals surface area contributed by atoms with Crippen molar-refractivity contribution in [2.24, 2.45) is 5.92 Å².